The lowest BCUT2D eigenvalue weighted by Crippen LogP contribution is -2.59. The van der Waals surface area contributed by atoms with Crippen molar-refractivity contribution >= 4 is 23.4 Å². The maximum Gasteiger partial charge on any atom is 0.417 e. The fourth-order valence-electron chi connectivity index (χ4n) is 4.12. The topological polar surface area (TPSA) is 93.5 Å². The Morgan fingerprint density at radius 2 is 2.00 bits per heavy atom. The van der Waals surface area contributed by atoms with Gasteiger partial charge in [0.25, 0.3) is 11.8 Å². The maximum atomic E-state index is 14.6. The summed E-state index contributed by atoms with van der Waals surface area (Å²) in [6.07, 6.45) is 0.860. The van der Waals surface area contributed by atoms with Crippen LogP contribution in [0.25, 0.3) is 5.57 Å². The number of aryl methyl sites for hydroxylation is 1. The van der Waals surface area contributed by atoms with Crippen molar-refractivity contribution in [3.63, 3.8) is 0 Å². The van der Waals surface area contributed by atoms with Crippen LogP contribution in [-0.2, 0) is 4.79 Å². The standard InChI is InChI=1S/C26H33F5N6O/c1-6-18(26(29,30)31)12-35-22(7-2)36-14-21-17(4)11-25(27,28)15-37(21)24(38)23(32)19(13-33-5)20-10-16(3)8-9-34-20/h6-10,12-13,17,21,32-33,36H,11,14-15H2,1-5H3/b18-6+,19-13-,22-7+,32-23?,35-12-/t17-,21?/m1/s1. The van der Waals surface area contributed by atoms with Crippen molar-refractivity contribution in [2.24, 2.45) is 10.9 Å². The minimum Gasteiger partial charge on any atom is -0.393 e. The van der Waals surface area contributed by atoms with Gasteiger partial charge in [-0.3, -0.25) is 15.2 Å². The van der Waals surface area contributed by atoms with Gasteiger partial charge in [-0.1, -0.05) is 13.0 Å². The second kappa shape index (κ2) is 12.8. The molecule has 3 N–H and O–H groups in total. The van der Waals surface area contributed by atoms with Crippen molar-refractivity contribution in [3.05, 3.63) is 59.3 Å². The molecule has 1 fully saturated rings. The van der Waals surface area contributed by atoms with Crippen molar-refractivity contribution in [1.29, 1.82) is 5.41 Å². The molecule has 1 aliphatic heterocycles. The molecule has 0 aliphatic carbocycles. The Labute approximate surface area is 219 Å². The first-order valence-electron chi connectivity index (χ1n) is 12.0. The van der Waals surface area contributed by atoms with E-state index in [1.165, 1.54) is 25.4 Å². The van der Waals surface area contributed by atoms with E-state index in [9.17, 15) is 26.7 Å². The summed E-state index contributed by atoms with van der Waals surface area (Å²) in [7, 11) is 1.58. The van der Waals surface area contributed by atoms with E-state index in [4.69, 9.17) is 5.41 Å². The number of nitrogens with one attached hydrogen (secondary N) is 3. The average molecular weight is 541 g/mol. The van der Waals surface area contributed by atoms with Crippen molar-refractivity contribution in [1.82, 2.24) is 20.5 Å². The summed E-state index contributed by atoms with van der Waals surface area (Å²) in [6.45, 7) is 5.22. The molecule has 2 rings (SSSR count). The molecule has 1 aromatic rings. The molecule has 1 aliphatic rings. The number of amides is 1. The van der Waals surface area contributed by atoms with Crippen LogP contribution < -0.4 is 10.6 Å². The molecule has 0 saturated carbocycles. The predicted octanol–water partition coefficient (Wildman–Crippen LogP) is 4.87. The van der Waals surface area contributed by atoms with Crippen LogP contribution >= 0.6 is 0 Å². The molecular formula is C26H33F5N6O. The van der Waals surface area contributed by atoms with E-state index in [1.807, 2.05) is 6.92 Å². The van der Waals surface area contributed by atoms with Gasteiger partial charge >= 0.3 is 6.18 Å². The van der Waals surface area contributed by atoms with Gasteiger partial charge in [-0.05, 0) is 50.5 Å². The average Bonchev–Trinajstić information content (AvgIpc) is 2.83. The Kier molecular flexibility index (Phi) is 10.3. The molecule has 12 heteroatoms. The van der Waals surface area contributed by atoms with Crippen molar-refractivity contribution in [3.8, 4) is 0 Å². The summed E-state index contributed by atoms with van der Waals surface area (Å²) in [6, 6.07) is 2.64. The summed E-state index contributed by atoms with van der Waals surface area (Å²) >= 11 is 0. The maximum absolute atomic E-state index is 14.6. The number of carbonyl (C=O) groups excluding carboxylic acids is 1. The Bertz CT molecular complexity index is 1140. The zero-order valence-electron chi connectivity index (χ0n) is 22.0. The fourth-order valence-corrected chi connectivity index (χ4v) is 4.12. The monoisotopic (exact) mass is 540 g/mol. The van der Waals surface area contributed by atoms with E-state index in [0.717, 1.165) is 16.5 Å². The molecule has 1 saturated heterocycles. The quantitative estimate of drug-likeness (QED) is 0.308. The Hall–Kier alpha value is -3.57. The summed E-state index contributed by atoms with van der Waals surface area (Å²) in [5.74, 6) is -4.68. The van der Waals surface area contributed by atoms with Crippen LogP contribution in [0, 0.1) is 18.3 Å². The third-order valence-electron chi connectivity index (χ3n) is 6.05. The highest BCUT2D eigenvalue weighted by Gasteiger charge is 2.46. The summed E-state index contributed by atoms with van der Waals surface area (Å²) in [5, 5.41) is 14.2. The molecule has 0 radical (unpaired) electrons. The molecular weight excluding hydrogens is 507 g/mol. The number of rotatable bonds is 9. The molecule has 1 aromatic heterocycles. The first-order valence-corrected chi connectivity index (χ1v) is 12.0. The van der Waals surface area contributed by atoms with E-state index >= 15 is 0 Å². The Morgan fingerprint density at radius 1 is 1.32 bits per heavy atom. The van der Waals surface area contributed by atoms with Crippen LogP contribution in [-0.4, -0.2) is 66.0 Å². The van der Waals surface area contributed by atoms with Crippen molar-refractivity contribution in [2.75, 3.05) is 20.1 Å². The Balaban J connectivity index is 2.32. The first-order chi connectivity index (χ1) is 17.7. The van der Waals surface area contributed by atoms with Gasteiger partial charge in [-0.15, -0.1) is 0 Å². The summed E-state index contributed by atoms with van der Waals surface area (Å²) < 4.78 is 68.2. The number of pyridine rings is 1. The predicted molar refractivity (Wildman–Crippen MR) is 138 cm³/mol. The molecule has 7 nitrogen and oxygen atoms in total. The van der Waals surface area contributed by atoms with E-state index in [0.29, 0.717) is 11.9 Å². The second-order valence-corrected chi connectivity index (χ2v) is 9.03. The lowest BCUT2D eigenvalue weighted by atomic mass is 9.87. The number of likely N-dealkylation sites (tertiary alicyclic amines) is 1. The number of allylic oxidation sites excluding steroid dienone is 3. The van der Waals surface area contributed by atoms with Gasteiger partial charge in [-0.25, -0.2) is 13.8 Å². The highest BCUT2D eigenvalue weighted by atomic mass is 19.4. The van der Waals surface area contributed by atoms with Gasteiger partial charge in [0.1, 0.15) is 11.5 Å². The molecule has 0 bridgehead atoms. The number of aromatic nitrogens is 1. The molecule has 1 unspecified atom stereocenters. The lowest BCUT2D eigenvalue weighted by molar-refractivity contribution is -0.145. The molecule has 38 heavy (non-hydrogen) atoms. The van der Waals surface area contributed by atoms with E-state index < -0.39 is 54.2 Å². The number of piperidine rings is 1. The van der Waals surface area contributed by atoms with Crippen molar-refractivity contribution in [2.45, 2.75) is 52.3 Å². The minimum atomic E-state index is -4.57. The first kappa shape index (κ1) is 30.7. The highest BCUT2D eigenvalue weighted by molar-refractivity contribution is 6.54. The molecule has 1 amide bonds. The molecule has 2 heterocycles. The number of carbonyl (C=O) groups is 1. The summed E-state index contributed by atoms with van der Waals surface area (Å²) in [4.78, 5) is 22.5. The number of aliphatic imine (C=N–C) groups is 1. The molecule has 208 valence electrons. The smallest absolute Gasteiger partial charge is 0.393 e. The Morgan fingerprint density at radius 3 is 2.55 bits per heavy atom. The number of hydrogen-bond acceptors (Lipinski definition) is 6. The van der Waals surface area contributed by atoms with Gasteiger partial charge in [0.2, 0.25) is 0 Å². The van der Waals surface area contributed by atoms with Crippen molar-refractivity contribution < 1.29 is 26.7 Å². The number of alkyl halides is 5. The van der Waals surface area contributed by atoms with Crippen LogP contribution in [0.5, 0.6) is 0 Å². The zero-order valence-corrected chi connectivity index (χ0v) is 22.0. The molecule has 0 spiro atoms. The third-order valence-corrected chi connectivity index (χ3v) is 6.05. The normalized spacial score (nSPS) is 21.0. The number of hydrogen-bond donors (Lipinski definition) is 3. The van der Waals surface area contributed by atoms with Crippen LogP contribution in [0.4, 0.5) is 22.0 Å². The number of nitrogens with zero attached hydrogens (tertiary/aromatic N) is 3. The van der Waals surface area contributed by atoms with Crippen LogP contribution in [0.2, 0.25) is 0 Å². The minimum absolute atomic E-state index is 0.0573. The van der Waals surface area contributed by atoms with E-state index in [1.54, 1.807) is 33.0 Å². The van der Waals surface area contributed by atoms with Crippen LogP contribution in [0.1, 0.15) is 38.4 Å². The zero-order chi connectivity index (χ0) is 28.7. The largest absolute Gasteiger partial charge is 0.417 e. The van der Waals surface area contributed by atoms with Gasteiger partial charge in [0.15, 0.2) is 0 Å². The molecule has 2 atom stereocenters. The second-order valence-electron chi connectivity index (χ2n) is 9.03. The van der Waals surface area contributed by atoms with Gasteiger partial charge in [0.05, 0.1) is 23.9 Å². The number of halogens is 5. The molecule has 0 aromatic carbocycles. The van der Waals surface area contributed by atoms with E-state index in [2.05, 4.69) is 20.6 Å². The van der Waals surface area contributed by atoms with Gasteiger partial charge in [-0.2, -0.15) is 13.2 Å². The SMILES string of the molecule is C\C=C(/N=C\C(=C/C)C(F)(F)F)NCC1[C@H](C)CC(F)(F)CN1C(=O)C(=N)/C(=C\NC)c1cc(C)ccn1. The van der Waals surface area contributed by atoms with Gasteiger partial charge in [0, 0.05) is 44.2 Å². The highest BCUT2D eigenvalue weighted by Crippen LogP contribution is 2.35. The summed E-state index contributed by atoms with van der Waals surface area (Å²) in [5.41, 5.74) is -0.149. The van der Waals surface area contributed by atoms with E-state index in [-0.39, 0.29) is 17.9 Å². The van der Waals surface area contributed by atoms with Crippen LogP contribution in [0.15, 0.2) is 53.1 Å². The third kappa shape index (κ3) is 7.96. The fraction of sp³-hybridized carbons (Fsp3) is 0.462. The van der Waals surface area contributed by atoms with Crippen LogP contribution in [0.3, 0.4) is 0 Å². The van der Waals surface area contributed by atoms with Gasteiger partial charge < -0.3 is 15.5 Å². The lowest BCUT2D eigenvalue weighted by Gasteiger charge is -2.43.